The number of hydrogen-bond acceptors (Lipinski definition) is 5. The second-order valence-corrected chi connectivity index (χ2v) is 5.17. The molecule has 0 radical (unpaired) electrons. The number of esters is 1. The Morgan fingerprint density at radius 2 is 2.09 bits per heavy atom. The van der Waals surface area contributed by atoms with E-state index in [1.807, 2.05) is 45.0 Å². The van der Waals surface area contributed by atoms with Gasteiger partial charge in [-0.3, -0.25) is 0 Å². The first-order valence-electron chi connectivity index (χ1n) is 7.39. The van der Waals surface area contributed by atoms with Gasteiger partial charge in [-0.25, -0.2) is 9.79 Å². The van der Waals surface area contributed by atoms with Gasteiger partial charge in [-0.1, -0.05) is 12.1 Å². The highest BCUT2D eigenvalue weighted by molar-refractivity contribution is 6.13. The topological polar surface area (TPSA) is 61.0 Å². The summed E-state index contributed by atoms with van der Waals surface area (Å²) < 4.78 is 16.2. The highest BCUT2D eigenvalue weighted by atomic mass is 16.6. The smallest absolute Gasteiger partial charge is 0.363 e. The second kappa shape index (κ2) is 6.12. The van der Waals surface area contributed by atoms with E-state index >= 15 is 0 Å². The molecule has 5 heteroatoms. The van der Waals surface area contributed by atoms with Crippen molar-refractivity contribution < 1.29 is 18.7 Å². The van der Waals surface area contributed by atoms with E-state index in [-0.39, 0.29) is 11.6 Å². The maximum absolute atomic E-state index is 12.0. The molecule has 0 N–H and O–H groups in total. The molecule has 2 heterocycles. The number of rotatable bonds is 4. The van der Waals surface area contributed by atoms with Crippen LogP contribution < -0.4 is 4.74 Å². The molecule has 0 saturated heterocycles. The Bertz CT molecular complexity index is 814. The molecule has 1 aromatic heterocycles. The van der Waals surface area contributed by atoms with Crippen LogP contribution in [-0.4, -0.2) is 18.5 Å². The number of carbonyl (C=O) groups is 1. The molecule has 2 aromatic rings. The lowest BCUT2D eigenvalue weighted by molar-refractivity contribution is -0.129. The molecule has 0 spiro atoms. The predicted octanol–water partition coefficient (Wildman–Crippen LogP) is 3.64. The van der Waals surface area contributed by atoms with Gasteiger partial charge in [-0.05, 0) is 50.6 Å². The van der Waals surface area contributed by atoms with E-state index in [2.05, 4.69) is 4.99 Å². The average molecular weight is 311 g/mol. The molecule has 1 aliphatic rings. The first kappa shape index (κ1) is 15.1. The van der Waals surface area contributed by atoms with E-state index < -0.39 is 5.97 Å². The van der Waals surface area contributed by atoms with Crippen molar-refractivity contribution in [1.29, 1.82) is 0 Å². The first-order valence-corrected chi connectivity index (χ1v) is 7.39. The van der Waals surface area contributed by atoms with E-state index in [1.54, 1.807) is 12.1 Å². The number of benzene rings is 1. The largest absolute Gasteiger partial charge is 0.494 e. The van der Waals surface area contributed by atoms with Crippen molar-refractivity contribution in [3.63, 3.8) is 0 Å². The van der Waals surface area contributed by atoms with E-state index in [1.165, 1.54) is 0 Å². The van der Waals surface area contributed by atoms with E-state index in [4.69, 9.17) is 13.9 Å². The van der Waals surface area contributed by atoms with Crippen molar-refractivity contribution in [2.45, 2.75) is 20.8 Å². The van der Waals surface area contributed by atoms with Crippen LogP contribution in [0.4, 0.5) is 0 Å². The van der Waals surface area contributed by atoms with Gasteiger partial charge in [0.15, 0.2) is 5.70 Å². The molecule has 23 heavy (non-hydrogen) atoms. The third-order valence-corrected chi connectivity index (χ3v) is 3.36. The predicted molar refractivity (Wildman–Crippen MR) is 86.4 cm³/mol. The van der Waals surface area contributed by atoms with Gasteiger partial charge in [0, 0.05) is 0 Å². The fourth-order valence-electron chi connectivity index (χ4n) is 2.39. The summed E-state index contributed by atoms with van der Waals surface area (Å²) in [6, 6.07) is 9.27. The molecule has 1 aliphatic heterocycles. The molecule has 0 unspecified atom stereocenters. The quantitative estimate of drug-likeness (QED) is 0.639. The van der Waals surface area contributed by atoms with Gasteiger partial charge in [0.1, 0.15) is 17.3 Å². The zero-order valence-corrected chi connectivity index (χ0v) is 13.3. The lowest BCUT2D eigenvalue weighted by atomic mass is 10.2. The van der Waals surface area contributed by atoms with Crippen LogP contribution in [0.3, 0.4) is 0 Å². The normalized spacial score (nSPS) is 15.7. The second-order valence-electron chi connectivity index (χ2n) is 5.17. The summed E-state index contributed by atoms with van der Waals surface area (Å²) in [4.78, 5) is 16.3. The van der Waals surface area contributed by atoms with Crippen LogP contribution >= 0.6 is 0 Å². The highest BCUT2D eigenvalue weighted by Gasteiger charge is 2.26. The maximum atomic E-state index is 12.0. The van der Waals surface area contributed by atoms with Crippen molar-refractivity contribution in [2.75, 3.05) is 6.61 Å². The summed E-state index contributed by atoms with van der Waals surface area (Å²) in [5.41, 5.74) is 1.78. The number of ether oxygens (including phenoxy) is 2. The number of nitrogens with zero attached hydrogens (tertiary/aromatic N) is 1. The minimum absolute atomic E-state index is 0.256. The number of aliphatic imine (C=N–C) groups is 1. The Morgan fingerprint density at radius 1 is 1.26 bits per heavy atom. The van der Waals surface area contributed by atoms with Crippen LogP contribution in [0.25, 0.3) is 6.08 Å². The van der Waals surface area contributed by atoms with Gasteiger partial charge in [-0.2, -0.15) is 0 Å². The number of aryl methyl sites for hydroxylation is 2. The van der Waals surface area contributed by atoms with E-state index in [0.717, 1.165) is 17.1 Å². The van der Waals surface area contributed by atoms with Gasteiger partial charge in [0.25, 0.3) is 0 Å². The Balaban J connectivity index is 1.92. The summed E-state index contributed by atoms with van der Waals surface area (Å²) in [6.07, 6.45) is 1.68. The van der Waals surface area contributed by atoms with Crippen molar-refractivity contribution in [1.82, 2.24) is 0 Å². The summed E-state index contributed by atoms with van der Waals surface area (Å²) in [7, 11) is 0. The molecule has 0 bridgehead atoms. The standard InChI is InChI=1S/C18H17NO4/c1-4-21-14-7-5-6-13(9-14)10-16-18(20)23-17(19-16)15-8-11(2)22-12(15)3/h5-10H,4H2,1-3H3/b16-10-. The van der Waals surface area contributed by atoms with E-state index in [0.29, 0.717) is 17.9 Å². The van der Waals surface area contributed by atoms with Crippen LogP contribution in [-0.2, 0) is 9.53 Å². The average Bonchev–Trinajstić information content (AvgIpc) is 3.02. The van der Waals surface area contributed by atoms with Gasteiger partial charge in [0.2, 0.25) is 5.90 Å². The van der Waals surface area contributed by atoms with Crippen LogP contribution in [0.15, 0.2) is 45.4 Å². The molecular weight excluding hydrogens is 294 g/mol. The van der Waals surface area contributed by atoms with Gasteiger partial charge in [-0.15, -0.1) is 0 Å². The molecule has 118 valence electrons. The Hall–Kier alpha value is -2.82. The Kier molecular flexibility index (Phi) is 4.02. The van der Waals surface area contributed by atoms with Crippen molar-refractivity contribution in [2.24, 2.45) is 4.99 Å². The molecule has 0 fully saturated rings. The van der Waals surface area contributed by atoms with E-state index in [9.17, 15) is 4.79 Å². The monoisotopic (exact) mass is 311 g/mol. The molecule has 1 aromatic carbocycles. The first-order chi connectivity index (χ1) is 11.1. The molecule has 0 aliphatic carbocycles. The summed E-state index contributed by atoms with van der Waals surface area (Å²) in [6.45, 7) is 6.16. The summed E-state index contributed by atoms with van der Waals surface area (Å²) in [5, 5.41) is 0. The minimum Gasteiger partial charge on any atom is -0.494 e. The molecule has 3 rings (SSSR count). The van der Waals surface area contributed by atoms with Crippen LogP contribution in [0.1, 0.15) is 29.6 Å². The summed E-state index contributed by atoms with van der Waals surface area (Å²) in [5.74, 6) is 1.97. The fraction of sp³-hybridized carbons (Fsp3) is 0.222. The molecular formula is C18H17NO4. The molecule has 0 atom stereocenters. The lowest BCUT2D eigenvalue weighted by Gasteiger charge is -2.03. The van der Waals surface area contributed by atoms with Crippen LogP contribution in [0, 0.1) is 13.8 Å². The van der Waals surface area contributed by atoms with Crippen molar-refractivity contribution in [3.8, 4) is 5.75 Å². The Morgan fingerprint density at radius 3 is 2.78 bits per heavy atom. The number of hydrogen-bond donors (Lipinski definition) is 0. The zero-order chi connectivity index (χ0) is 16.4. The third-order valence-electron chi connectivity index (χ3n) is 3.36. The molecule has 5 nitrogen and oxygen atoms in total. The SMILES string of the molecule is CCOc1cccc(/C=C2\N=C(c3cc(C)oc3C)OC2=O)c1. The lowest BCUT2D eigenvalue weighted by Crippen LogP contribution is -2.05. The maximum Gasteiger partial charge on any atom is 0.363 e. The minimum atomic E-state index is -0.472. The van der Waals surface area contributed by atoms with Crippen molar-refractivity contribution in [3.05, 3.63) is 58.7 Å². The van der Waals surface area contributed by atoms with Gasteiger partial charge >= 0.3 is 5.97 Å². The van der Waals surface area contributed by atoms with Gasteiger partial charge in [0.05, 0.1) is 12.2 Å². The number of carbonyl (C=O) groups excluding carboxylic acids is 1. The number of furan rings is 1. The molecule has 0 saturated carbocycles. The molecule has 0 amide bonds. The Labute approximate surface area is 134 Å². The highest BCUT2D eigenvalue weighted by Crippen LogP contribution is 2.24. The fourth-order valence-corrected chi connectivity index (χ4v) is 2.39. The van der Waals surface area contributed by atoms with Crippen LogP contribution in [0.5, 0.6) is 5.75 Å². The third kappa shape index (κ3) is 3.18. The summed E-state index contributed by atoms with van der Waals surface area (Å²) >= 11 is 0. The van der Waals surface area contributed by atoms with Gasteiger partial charge < -0.3 is 13.9 Å². The number of cyclic esters (lactones) is 1. The van der Waals surface area contributed by atoms with Crippen LogP contribution in [0.2, 0.25) is 0 Å². The van der Waals surface area contributed by atoms with Crippen molar-refractivity contribution >= 4 is 17.9 Å². The zero-order valence-electron chi connectivity index (χ0n) is 13.3.